The molecule has 4 nitrogen and oxygen atoms in total. The van der Waals surface area contributed by atoms with E-state index in [1.54, 1.807) is 0 Å². The van der Waals surface area contributed by atoms with Crippen molar-refractivity contribution in [2.45, 2.75) is 25.4 Å². The van der Waals surface area contributed by atoms with Crippen molar-refractivity contribution in [3.05, 3.63) is 35.9 Å². The van der Waals surface area contributed by atoms with E-state index >= 15 is 0 Å². The number of hydrogen-bond acceptors (Lipinski definition) is 3. The van der Waals surface area contributed by atoms with Crippen LogP contribution in [-0.4, -0.2) is 12.6 Å². The fraction of sp³-hybridized carbons (Fsp3) is 0.417. The summed E-state index contributed by atoms with van der Waals surface area (Å²) in [6.45, 7) is 0.651. The maximum atomic E-state index is 10.8. The monoisotopic (exact) mass is 222 g/mol. The smallest absolute Gasteiger partial charge is 0.405 e. The van der Waals surface area contributed by atoms with Gasteiger partial charge in [0.05, 0.1) is 0 Å². The van der Waals surface area contributed by atoms with Gasteiger partial charge in [-0.05, 0) is 31.4 Å². The van der Waals surface area contributed by atoms with Gasteiger partial charge in [0.25, 0.3) is 0 Å². The van der Waals surface area contributed by atoms with Crippen molar-refractivity contribution in [2.75, 3.05) is 6.54 Å². The van der Waals surface area contributed by atoms with Crippen LogP contribution in [0.25, 0.3) is 0 Å². The second-order valence-electron chi connectivity index (χ2n) is 3.62. The summed E-state index contributed by atoms with van der Waals surface area (Å²) >= 11 is 0. The number of amides is 1. The molecule has 88 valence electrons. The molecule has 0 fully saturated rings. The zero-order chi connectivity index (χ0) is 11.8. The maximum Gasteiger partial charge on any atom is 0.405 e. The summed E-state index contributed by atoms with van der Waals surface area (Å²) in [5, 5.41) is 0. The van der Waals surface area contributed by atoms with E-state index in [0.717, 1.165) is 24.8 Å². The van der Waals surface area contributed by atoms with Gasteiger partial charge < -0.3 is 16.2 Å². The Kier molecular flexibility index (Phi) is 5.36. The summed E-state index contributed by atoms with van der Waals surface area (Å²) in [5.41, 5.74) is 11.4. The second kappa shape index (κ2) is 6.85. The molecule has 0 aliphatic rings. The van der Waals surface area contributed by atoms with Crippen LogP contribution >= 0.6 is 0 Å². The lowest BCUT2D eigenvalue weighted by Gasteiger charge is -2.16. The molecular weight excluding hydrogens is 204 g/mol. The minimum atomic E-state index is -0.735. The molecule has 1 amide bonds. The van der Waals surface area contributed by atoms with Crippen molar-refractivity contribution in [2.24, 2.45) is 11.5 Å². The molecule has 1 unspecified atom stereocenters. The number of carbonyl (C=O) groups excluding carboxylic acids is 1. The third-order valence-electron chi connectivity index (χ3n) is 2.35. The summed E-state index contributed by atoms with van der Waals surface area (Å²) in [6.07, 6.45) is 1.60. The summed E-state index contributed by atoms with van der Waals surface area (Å²) in [4.78, 5) is 10.8. The average molecular weight is 222 g/mol. The van der Waals surface area contributed by atoms with E-state index in [1.807, 2.05) is 30.3 Å². The number of carbonyl (C=O) groups is 1. The Morgan fingerprint density at radius 1 is 1.25 bits per heavy atom. The number of hydrogen-bond donors (Lipinski definition) is 2. The second-order valence-corrected chi connectivity index (χ2v) is 3.62. The SMILES string of the molecule is NCCCCC(OC(N)=O)c1ccccc1. The molecule has 4 N–H and O–H groups in total. The van der Waals surface area contributed by atoms with Crippen LogP contribution in [0, 0.1) is 0 Å². The third kappa shape index (κ3) is 4.31. The van der Waals surface area contributed by atoms with Gasteiger partial charge in [-0.25, -0.2) is 4.79 Å². The molecule has 1 atom stereocenters. The Balaban J connectivity index is 2.60. The van der Waals surface area contributed by atoms with E-state index in [0.29, 0.717) is 6.54 Å². The lowest BCUT2D eigenvalue weighted by atomic mass is 10.0. The van der Waals surface area contributed by atoms with E-state index in [9.17, 15) is 4.79 Å². The molecule has 4 heteroatoms. The zero-order valence-electron chi connectivity index (χ0n) is 9.26. The highest BCUT2D eigenvalue weighted by atomic mass is 16.6. The number of benzene rings is 1. The molecule has 0 heterocycles. The Morgan fingerprint density at radius 2 is 1.94 bits per heavy atom. The molecule has 1 aromatic carbocycles. The Hall–Kier alpha value is -1.55. The normalized spacial score (nSPS) is 12.1. The molecule has 0 saturated carbocycles. The number of rotatable bonds is 6. The van der Waals surface area contributed by atoms with Crippen molar-refractivity contribution >= 4 is 6.09 Å². The van der Waals surface area contributed by atoms with Crippen molar-refractivity contribution in [1.82, 2.24) is 0 Å². The van der Waals surface area contributed by atoms with Gasteiger partial charge in [-0.1, -0.05) is 30.3 Å². The fourth-order valence-corrected chi connectivity index (χ4v) is 1.58. The van der Waals surface area contributed by atoms with Gasteiger partial charge in [-0.15, -0.1) is 0 Å². The molecule has 16 heavy (non-hydrogen) atoms. The van der Waals surface area contributed by atoms with Crippen LogP contribution in [0.1, 0.15) is 30.9 Å². The summed E-state index contributed by atoms with van der Waals surface area (Å²) in [7, 11) is 0. The van der Waals surface area contributed by atoms with Gasteiger partial charge in [0.2, 0.25) is 0 Å². The van der Waals surface area contributed by atoms with E-state index in [4.69, 9.17) is 16.2 Å². The Labute approximate surface area is 95.6 Å². The first-order valence-corrected chi connectivity index (χ1v) is 5.45. The highest BCUT2D eigenvalue weighted by Gasteiger charge is 2.13. The molecule has 1 rings (SSSR count). The summed E-state index contributed by atoms with van der Waals surface area (Å²) < 4.78 is 5.08. The van der Waals surface area contributed by atoms with Gasteiger partial charge in [0.1, 0.15) is 6.10 Å². The van der Waals surface area contributed by atoms with Crippen LogP contribution in [0.5, 0.6) is 0 Å². The molecule has 0 bridgehead atoms. The fourth-order valence-electron chi connectivity index (χ4n) is 1.58. The first-order valence-electron chi connectivity index (χ1n) is 5.45. The number of primary amides is 1. The predicted molar refractivity (Wildman–Crippen MR) is 62.8 cm³/mol. The highest BCUT2D eigenvalue weighted by Crippen LogP contribution is 2.22. The third-order valence-corrected chi connectivity index (χ3v) is 2.35. The number of nitrogens with two attached hydrogens (primary N) is 2. The van der Waals surface area contributed by atoms with Gasteiger partial charge in [-0.2, -0.15) is 0 Å². The topological polar surface area (TPSA) is 78.3 Å². The molecule has 1 aromatic rings. The number of unbranched alkanes of at least 4 members (excludes halogenated alkanes) is 1. The quantitative estimate of drug-likeness (QED) is 0.722. The van der Waals surface area contributed by atoms with Crippen LogP contribution in [0.3, 0.4) is 0 Å². The van der Waals surface area contributed by atoms with E-state index in [2.05, 4.69) is 0 Å². The highest BCUT2D eigenvalue weighted by molar-refractivity contribution is 5.65. The van der Waals surface area contributed by atoms with Crippen LogP contribution in [0.4, 0.5) is 4.79 Å². The van der Waals surface area contributed by atoms with Gasteiger partial charge in [0, 0.05) is 0 Å². The Bertz CT molecular complexity index is 314. The zero-order valence-corrected chi connectivity index (χ0v) is 9.26. The van der Waals surface area contributed by atoms with Crippen LogP contribution in [-0.2, 0) is 4.74 Å². The summed E-state index contributed by atoms with van der Waals surface area (Å²) in [5.74, 6) is 0. The molecule has 0 radical (unpaired) electrons. The molecule has 0 spiro atoms. The molecule has 0 aliphatic carbocycles. The van der Waals surface area contributed by atoms with Crippen molar-refractivity contribution in [1.29, 1.82) is 0 Å². The van der Waals surface area contributed by atoms with Gasteiger partial charge in [0.15, 0.2) is 0 Å². The van der Waals surface area contributed by atoms with E-state index < -0.39 is 6.09 Å². The lowest BCUT2D eigenvalue weighted by Crippen LogP contribution is -2.17. The van der Waals surface area contributed by atoms with Crippen molar-refractivity contribution in [3.63, 3.8) is 0 Å². The van der Waals surface area contributed by atoms with Crippen molar-refractivity contribution < 1.29 is 9.53 Å². The van der Waals surface area contributed by atoms with E-state index in [-0.39, 0.29) is 6.10 Å². The van der Waals surface area contributed by atoms with Crippen molar-refractivity contribution in [3.8, 4) is 0 Å². The van der Waals surface area contributed by atoms with Gasteiger partial charge >= 0.3 is 6.09 Å². The average Bonchev–Trinajstić information content (AvgIpc) is 2.29. The van der Waals surface area contributed by atoms with Gasteiger partial charge in [-0.3, -0.25) is 0 Å². The largest absolute Gasteiger partial charge is 0.442 e. The van der Waals surface area contributed by atoms with E-state index in [1.165, 1.54) is 0 Å². The molecule has 0 saturated heterocycles. The summed E-state index contributed by atoms with van der Waals surface area (Å²) in [6, 6.07) is 9.60. The van der Waals surface area contributed by atoms with Crippen LogP contribution in [0.15, 0.2) is 30.3 Å². The molecular formula is C12H18N2O2. The molecule has 0 aliphatic heterocycles. The Morgan fingerprint density at radius 3 is 2.50 bits per heavy atom. The first kappa shape index (κ1) is 12.5. The van der Waals surface area contributed by atoms with Crippen LogP contribution in [0.2, 0.25) is 0 Å². The van der Waals surface area contributed by atoms with Crippen LogP contribution < -0.4 is 11.5 Å². The maximum absolute atomic E-state index is 10.8. The predicted octanol–water partition coefficient (Wildman–Crippen LogP) is 1.95. The minimum absolute atomic E-state index is 0.259. The minimum Gasteiger partial charge on any atom is -0.442 e. The first-order chi connectivity index (χ1) is 7.74. The molecule has 0 aromatic heterocycles. The number of ether oxygens (including phenoxy) is 1. The lowest BCUT2D eigenvalue weighted by molar-refractivity contribution is 0.0996. The standard InChI is InChI=1S/C12H18N2O2/c13-9-5-4-8-11(16-12(14)15)10-6-2-1-3-7-10/h1-3,6-7,11H,4-5,8-9,13H2,(H2,14,15).